The lowest BCUT2D eigenvalue weighted by Gasteiger charge is -2.25. The Bertz CT molecular complexity index is 1120. The molecule has 4 rings (SSSR count). The van der Waals surface area contributed by atoms with Gasteiger partial charge in [0.2, 0.25) is 5.88 Å². The van der Waals surface area contributed by atoms with Gasteiger partial charge in [0, 0.05) is 47.7 Å². The van der Waals surface area contributed by atoms with Crippen LogP contribution in [0.15, 0.2) is 90.7 Å². The molecule has 1 aromatic carbocycles. The summed E-state index contributed by atoms with van der Waals surface area (Å²) in [5.41, 5.74) is 9.72. The standard InChI is InChI=1S/C22H18N6O/c23-12-18-21(15-4-6-17(7-5-15)28-10-9-26-14-28)19(13-29-22(18)25)20(24)11-16-3-1-2-8-27-16/h1-10,13-14,21,24H,11,25H2. The first-order chi connectivity index (χ1) is 14.2. The number of hydrogen-bond donors (Lipinski definition) is 2. The van der Waals surface area contributed by atoms with Gasteiger partial charge in [-0.15, -0.1) is 0 Å². The third-order valence-electron chi connectivity index (χ3n) is 4.76. The van der Waals surface area contributed by atoms with Crippen molar-refractivity contribution in [2.75, 3.05) is 0 Å². The maximum Gasteiger partial charge on any atom is 0.204 e. The van der Waals surface area contributed by atoms with Crippen molar-refractivity contribution in [3.8, 4) is 11.8 Å². The summed E-state index contributed by atoms with van der Waals surface area (Å²) >= 11 is 0. The lowest BCUT2D eigenvalue weighted by atomic mass is 9.81. The van der Waals surface area contributed by atoms with E-state index >= 15 is 0 Å². The number of pyridine rings is 1. The van der Waals surface area contributed by atoms with Gasteiger partial charge in [0.15, 0.2) is 0 Å². The molecule has 1 aliphatic rings. The molecule has 0 amide bonds. The van der Waals surface area contributed by atoms with Crippen molar-refractivity contribution in [1.29, 1.82) is 10.7 Å². The third-order valence-corrected chi connectivity index (χ3v) is 4.76. The van der Waals surface area contributed by atoms with Crippen molar-refractivity contribution >= 4 is 5.71 Å². The van der Waals surface area contributed by atoms with E-state index in [9.17, 15) is 5.26 Å². The topological polar surface area (TPSA) is 114 Å². The van der Waals surface area contributed by atoms with Gasteiger partial charge in [0.25, 0.3) is 0 Å². The van der Waals surface area contributed by atoms with Gasteiger partial charge in [-0.2, -0.15) is 5.26 Å². The molecule has 1 aliphatic heterocycles. The molecule has 1 atom stereocenters. The number of aromatic nitrogens is 3. The zero-order valence-electron chi connectivity index (χ0n) is 15.5. The molecule has 0 saturated carbocycles. The summed E-state index contributed by atoms with van der Waals surface area (Å²) in [6.45, 7) is 0. The Balaban J connectivity index is 1.68. The molecule has 7 heteroatoms. The molecule has 142 valence electrons. The Labute approximate surface area is 167 Å². The van der Waals surface area contributed by atoms with Crippen LogP contribution in [0.5, 0.6) is 0 Å². The van der Waals surface area contributed by atoms with E-state index in [-0.39, 0.29) is 5.88 Å². The van der Waals surface area contributed by atoms with Crippen LogP contribution in [-0.4, -0.2) is 20.2 Å². The van der Waals surface area contributed by atoms with Crippen LogP contribution in [0.25, 0.3) is 5.69 Å². The number of hydrogen-bond acceptors (Lipinski definition) is 6. The number of nitrogens with one attached hydrogen (secondary N) is 1. The fraction of sp³-hybridized carbons (Fsp3) is 0.0909. The average Bonchev–Trinajstić information content (AvgIpc) is 3.29. The van der Waals surface area contributed by atoms with Crippen molar-refractivity contribution < 1.29 is 4.74 Å². The highest BCUT2D eigenvalue weighted by atomic mass is 16.5. The van der Waals surface area contributed by atoms with Crippen LogP contribution in [0.1, 0.15) is 17.2 Å². The van der Waals surface area contributed by atoms with Crippen LogP contribution in [0.4, 0.5) is 0 Å². The van der Waals surface area contributed by atoms with Gasteiger partial charge in [-0.05, 0) is 29.8 Å². The molecule has 0 bridgehead atoms. The first kappa shape index (κ1) is 18.2. The third kappa shape index (κ3) is 3.64. The van der Waals surface area contributed by atoms with Crippen LogP contribution in [0, 0.1) is 16.7 Å². The van der Waals surface area contributed by atoms with Crippen molar-refractivity contribution in [3.63, 3.8) is 0 Å². The van der Waals surface area contributed by atoms with Gasteiger partial charge in [0.1, 0.15) is 11.6 Å². The Morgan fingerprint density at radius 3 is 2.69 bits per heavy atom. The highest BCUT2D eigenvalue weighted by molar-refractivity contribution is 6.01. The lowest BCUT2D eigenvalue weighted by Crippen LogP contribution is -2.22. The van der Waals surface area contributed by atoms with E-state index in [2.05, 4.69) is 16.0 Å². The van der Waals surface area contributed by atoms with E-state index in [1.807, 2.05) is 53.2 Å². The lowest BCUT2D eigenvalue weighted by molar-refractivity contribution is 0.326. The summed E-state index contributed by atoms with van der Waals surface area (Å²) in [6.07, 6.45) is 8.78. The first-order valence-electron chi connectivity index (χ1n) is 9.00. The average molecular weight is 382 g/mol. The molecule has 0 radical (unpaired) electrons. The van der Waals surface area contributed by atoms with Crippen LogP contribution in [0.3, 0.4) is 0 Å². The Kier molecular flexibility index (Phi) is 4.91. The Morgan fingerprint density at radius 2 is 2.03 bits per heavy atom. The van der Waals surface area contributed by atoms with E-state index in [1.54, 1.807) is 18.7 Å². The number of nitrogens with two attached hydrogens (primary N) is 1. The highest BCUT2D eigenvalue weighted by Gasteiger charge is 2.31. The van der Waals surface area contributed by atoms with E-state index < -0.39 is 5.92 Å². The molecule has 29 heavy (non-hydrogen) atoms. The molecule has 3 N–H and O–H groups in total. The number of allylic oxidation sites excluding steroid dienone is 2. The Hall–Kier alpha value is -4.18. The van der Waals surface area contributed by atoms with Gasteiger partial charge in [-0.1, -0.05) is 18.2 Å². The normalized spacial score (nSPS) is 16.0. The maximum atomic E-state index is 9.70. The van der Waals surface area contributed by atoms with E-state index in [0.717, 1.165) is 16.9 Å². The van der Waals surface area contributed by atoms with Crippen molar-refractivity contribution in [3.05, 3.63) is 102 Å². The second-order valence-corrected chi connectivity index (χ2v) is 6.55. The van der Waals surface area contributed by atoms with Gasteiger partial charge in [0.05, 0.1) is 18.5 Å². The molecule has 1 unspecified atom stereocenters. The Morgan fingerprint density at radius 1 is 1.21 bits per heavy atom. The number of nitriles is 1. The van der Waals surface area contributed by atoms with Crippen LogP contribution in [-0.2, 0) is 11.2 Å². The molecule has 7 nitrogen and oxygen atoms in total. The number of rotatable bonds is 5. The maximum absolute atomic E-state index is 9.70. The summed E-state index contributed by atoms with van der Waals surface area (Å²) < 4.78 is 7.28. The molecule has 0 aliphatic carbocycles. The highest BCUT2D eigenvalue weighted by Crippen LogP contribution is 2.37. The second kappa shape index (κ2) is 7.82. The quantitative estimate of drug-likeness (QED) is 0.658. The fourth-order valence-corrected chi connectivity index (χ4v) is 3.30. The molecular weight excluding hydrogens is 364 g/mol. The van der Waals surface area contributed by atoms with Crippen LogP contribution < -0.4 is 5.73 Å². The largest absolute Gasteiger partial charge is 0.448 e. The summed E-state index contributed by atoms with van der Waals surface area (Å²) in [5, 5.41) is 18.3. The molecule has 0 saturated heterocycles. The molecule has 3 heterocycles. The second-order valence-electron chi connectivity index (χ2n) is 6.55. The molecule has 0 fully saturated rings. The van der Waals surface area contributed by atoms with Crippen molar-refractivity contribution in [2.24, 2.45) is 5.73 Å². The fourth-order valence-electron chi connectivity index (χ4n) is 3.30. The predicted molar refractivity (Wildman–Crippen MR) is 108 cm³/mol. The molecule has 0 spiro atoms. The van der Waals surface area contributed by atoms with Crippen LogP contribution >= 0.6 is 0 Å². The zero-order valence-corrected chi connectivity index (χ0v) is 15.5. The number of imidazole rings is 1. The van der Waals surface area contributed by atoms with Crippen molar-refractivity contribution in [1.82, 2.24) is 14.5 Å². The SMILES string of the molecule is N#CC1=C(N)OC=C(C(=N)Cc2ccccn2)C1c1ccc(-n2ccnc2)cc1. The van der Waals surface area contributed by atoms with E-state index in [1.165, 1.54) is 6.26 Å². The summed E-state index contributed by atoms with van der Waals surface area (Å²) in [5.74, 6) is -0.410. The van der Waals surface area contributed by atoms with Gasteiger partial charge in [-0.3, -0.25) is 4.98 Å². The molecule has 2 aromatic heterocycles. The summed E-state index contributed by atoms with van der Waals surface area (Å²) in [7, 11) is 0. The first-order valence-corrected chi connectivity index (χ1v) is 9.00. The van der Waals surface area contributed by atoms with E-state index in [4.69, 9.17) is 15.9 Å². The monoisotopic (exact) mass is 382 g/mol. The minimum Gasteiger partial charge on any atom is -0.448 e. The van der Waals surface area contributed by atoms with Gasteiger partial charge in [-0.25, -0.2) is 4.98 Å². The van der Waals surface area contributed by atoms with Gasteiger partial charge < -0.3 is 20.4 Å². The minimum absolute atomic E-state index is 0.0607. The predicted octanol–water partition coefficient (Wildman–Crippen LogP) is 3.22. The number of benzene rings is 1. The summed E-state index contributed by atoms with van der Waals surface area (Å²) in [4.78, 5) is 8.34. The zero-order chi connectivity index (χ0) is 20.2. The van der Waals surface area contributed by atoms with Gasteiger partial charge >= 0.3 is 0 Å². The summed E-state index contributed by atoms with van der Waals surface area (Å²) in [6, 6.07) is 15.5. The van der Waals surface area contributed by atoms with E-state index in [0.29, 0.717) is 23.3 Å². The van der Waals surface area contributed by atoms with Crippen LogP contribution in [0.2, 0.25) is 0 Å². The minimum atomic E-state index is -0.471. The molecule has 3 aromatic rings. The smallest absolute Gasteiger partial charge is 0.204 e. The molecular formula is C22H18N6O. The number of nitrogens with zero attached hydrogens (tertiary/aromatic N) is 4. The van der Waals surface area contributed by atoms with Crippen molar-refractivity contribution in [2.45, 2.75) is 12.3 Å². The number of ether oxygens (including phenoxy) is 1.